The van der Waals surface area contributed by atoms with Crippen molar-refractivity contribution in [2.24, 2.45) is 0 Å². The summed E-state index contributed by atoms with van der Waals surface area (Å²) in [5.74, 6) is 0. The van der Waals surface area contributed by atoms with Crippen LogP contribution in [-0.4, -0.2) is 21.7 Å². The highest BCUT2D eigenvalue weighted by Crippen LogP contribution is 2.33. The first-order valence-corrected chi connectivity index (χ1v) is 7.48. The molecule has 3 rings (SSSR count). The Morgan fingerprint density at radius 2 is 2.33 bits per heavy atom. The highest BCUT2D eigenvalue weighted by Gasteiger charge is 2.17. The van der Waals surface area contributed by atoms with Crippen molar-refractivity contribution in [1.82, 2.24) is 8.87 Å². The molecule has 2 aromatic rings. The fourth-order valence-electron chi connectivity index (χ4n) is 2.13. The molecule has 3 heterocycles. The number of aldehydes is 1. The number of aryl methyl sites for hydroxylation is 1. The first kappa shape index (κ1) is 12.0. The summed E-state index contributed by atoms with van der Waals surface area (Å²) >= 11 is 3.46. The Morgan fingerprint density at radius 1 is 1.44 bits per heavy atom. The van der Waals surface area contributed by atoms with Crippen molar-refractivity contribution in [3.63, 3.8) is 0 Å². The third-order valence-electron chi connectivity index (χ3n) is 3.13. The van der Waals surface area contributed by atoms with Crippen LogP contribution in [0, 0.1) is 6.92 Å². The predicted molar refractivity (Wildman–Crippen MR) is 75.1 cm³/mol. The highest BCUT2D eigenvalue weighted by atomic mass is 32.2. The molecule has 0 radical (unpaired) electrons. The Bertz CT molecular complexity index is 573. The van der Waals surface area contributed by atoms with Crippen LogP contribution in [0.2, 0.25) is 0 Å². The van der Waals surface area contributed by atoms with Crippen molar-refractivity contribution in [2.75, 3.05) is 6.54 Å². The van der Waals surface area contributed by atoms with Gasteiger partial charge in [-0.1, -0.05) is 0 Å². The lowest BCUT2D eigenvalue weighted by Crippen LogP contribution is -2.27. The SMILES string of the molecule is Cc1sc(SN2CCn3cccc3C2)cc1C=O. The molecule has 2 aromatic heterocycles. The summed E-state index contributed by atoms with van der Waals surface area (Å²) in [4.78, 5) is 11.9. The quantitative estimate of drug-likeness (QED) is 0.637. The molecule has 3 nitrogen and oxygen atoms in total. The molecule has 0 aliphatic carbocycles. The van der Waals surface area contributed by atoms with Crippen LogP contribution in [0.5, 0.6) is 0 Å². The van der Waals surface area contributed by atoms with Gasteiger partial charge in [-0.2, -0.15) is 0 Å². The maximum Gasteiger partial charge on any atom is 0.151 e. The van der Waals surface area contributed by atoms with Crippen LogP contribution in [0.1, 0.15) is 20.9 Å². The van der Waals surface area contributed by atoms with Crippen molar-refractivity contribution in [3.05, 3.63) is 40.5 Å². The van der Waals surface area contributed by atoms with Gasteiger partial charge < -0.3 is 4.57 Å². The number of fused-ring (bicyclic) bond motifs is 1. The van der Waals surface area contributed by atoms with Crippen LogP contribution in [0.25, 0.3) is 0 Å². The van der Waals surface area contributed by atoms with E-state index >= 15 is 0 Å². The molecule has 0 saturated heterocycles. The summed E-state index contributed by atoms with van der Waals surface area (Å²) in [7, 11) is 0. The lowest BCUT2D eigenvalue weighted by molar-refractivity contribution is 0.112. The molecule has 0 spiro atoms. The maximum atomic E-state index is 10.8. The first-order chi connectivity index (χ1) is 8.76. The van der Waals surface area contributed by atoms with E-state index in [1.807, 2.05) is 13.0 Å². The van der Waals surface area contributed by atoms with Gasteiger partial charge in [-0.3, -0.25) is 4.79 Å². The number of nitrogens with zero attached hydrogens (tertiary/aromatic N) is 2. The zero-order chi connectivity index (χ0) is 12.5. The van der Waals surface area contributed by atoms with E-state index in [4.69, 9.17) is 0 Å². The van der Waals surface area contributed by atoms with Gasteiger partial charge in [0.2, 0.25) is 0 Å². The molecule has 0 aromatic carbocycles. The van der Waals surface area contributed by atoms with Crippen LogP contribution >= 0.6 is 23.3 Å². The Labute approximate surface area is 115 Å². The summed E-state index contributed by atoms with van der Waals surface area (Å²) in [6, 6.07) is 6.26. The maximum absolute atomic E-state index is 10.8. The van der Waals surface area contributed by atoms with E-state index < -0.39 is 0 Å². The molecule has 1 aliphatic rings. The summed E-state index contributed by atoms with van der Waals surface area (Å²) < 4.78 is 5.86. The first-order valence-electron chi connectivity index (χ1n) is 5.89. The van der Waals surface area contributed by atoms with E-state index in [2.05, 4.69) is 27.2 Å². The number of rotatable bonds is 3. The molecule has 94 valence electrons. The second-order valence-corrected chi connectivity index (χ2v) is 7.00. The fraction of sp³-hybridized carbons (Fsp3) is 0.308. The molecule has 0 bridgehead atoms. The highest BCUT2D eigenvalue weighted by molar-refractivity contribution is 7.98. The van der Waals surface area contributed by atoms with Crippen molar-refractivity contribution in [2.45, 2.75) is 24.2 Å². The van der Waals surface area contributed by atoms with Crippen LogP contribution in [0.3, 0.4) is 0 Å². The standard InChI is InChI=1S/C13H14N2OS2/c1-10-11(9-16)7-13(17-10)18-15-6-5-14-4-2-3-12(14)8-15/h2-4,7,9H,5-6,8H2,1H3. The lowest BCUT2D eigenvalue weighted by atomic mass is 10.3. The smallest absolute Gasteiger partial charge is 0.151 e. The van der Waals surface area contributed by atoms with Gasteiger partial charge in [-0.25, -0.2) is 4.31 Å². The number of aromatic nitrogens is 1. The minimum Gasteiger partial charge on any atom is -0.349 e. The topological polar surface area (TPSA) is 25.2 Å². The average Bonchev–Trinajstić information content (AvgIpc) is 2.95. The van der Waals surface area contributed by atoms with Gasteiger partial charge in [0.15, 0.2) is 6.29 Å². The van der Waals surface area contributed by atoms with Crippen LogP contribution in [0.15, 0.2) is 28.6 Å². The molecule has 0 fully saturated rings. The van der Waals surface area contributed by atoms with Gasteiger partial charge in [-0.15, -0.1) is 11.3 Å². The Hall–Kier alpha value is -1.04. The molecule has 1 aliphatic heterocycles. The molecule has 5 heteroatoms. The summed E-state index contributed by atoms with van der Waals surface area (Å²) in [6.07, 6.45) is 3.08. The minimum absolute atomic E-state index is 0.822. The number of hydrogen-bond donors (Lipinski definition) is 0. The van der Waals surface area contributed by atoms with Crippen molar-refractivity contribution in [3.8, 4) is 0 Å². The Morgan fingerprint density at radius 3 is 3.11 bits per heavy atom. The van der Waals surface area contributed by atoms with Crippen molar-refractivity contribution in [1.29, 1.82) is 0 Å². The molecule has 0 N–H and O–H groups in total. The van der Waals surface area contributed by atoms with Crippen LogP contribution in [-0.2, 0) is 13.1 Å². The summed E-state index contributed by atoms with van der Waals surface area (Å²) in [5, 5.41) is 0. The van der Waals surface area contributed by atoms with Crippen LogP contribution < -0.4 is 0 Å². The molecule has 18 heavy (non-hydrogen) atoms. The summed E-state index contributed by atoms with van der Waals surface area (Å²) in [5.41, 5.74) is 2.18. The minimum atomic E-state index is 0.822. The van der Waals surface area contributed by atoms with Gasteiger partial charge in [0, 0.05) is 42.0 Å². The zero-order valence-corrected chi connectivity index (χ0v) is 11.8. The third-order valence-corrected chi connectivity index (χ3v) is 5.33. The van der Waals surface area contributed by atoms with Gasteiger partial charge in [0.05, 0.1) is 4.21 Å². The molecule has 0 amide bonds. The van der Waals surface area contributed by atoms with E-state index in [9.17, 15) is 4.79 Å². The number of carbonyl (C=O) groups excluding carboxylic acids is 1. The number of hydrogen-bond acceptors (Lipinski definition) is 4. The van der Waals surface area contributed by atoms with Crippen molar-refractivity contribution < 1.29 is 4.79 Å². The normalized spacial score (nSPS) is 15.6. The van der Waals surface area contributed by atoms with Crippen molar-refractivity contribution >= 4 is 29.6 Å². The van der Waals surface area contributed by atoms with E-state index in [0.29, 0.717) is 0 Å². The van der Waals surface area contributed by atoms with Gasteiger partial charge in [0.25, 0.3) is 0 Å². The lowest BCUT2D eigenvalue weighted by Gasteiger charge is -2.26. The summed E-state index contributed by atoms with van der Waals surface area (Å²) in [6.45, 7) is 5.05. The molecular weight excluding hydrogens is 264 g/mol. The van der Waals surface area contributed by atoms with E-state index in [-0.39, 0.29) is 0 Å². The third kappa shape index (κ3) is 2.25. The monoisotopic (exact) mass is 278 g/mol. The average molecular weight is 278 g/mol. The number of thiophene rings is 1. The molecule has 0 unspecified atom stereocenters. The molecule has 0 saturated carbocycles. The second-order valence-electron chi connectivity index (χ2n) is 4.34. The van der Waals surface area contributed by atoms with Gasteiger partial charge in [-0.05, 0) is 37.1 Å². The largest absolute Gasteiger partial charge is 0.349 e. The Balaban J connectivity index is 1.72. The van der Waals surface area contributed by atoms with E-state index in [1.165, 1.54) is 9.90 Å². The van der Waals surface area contributed by atoms with Crippen LogP contribution in [0.4, 0.5) is 0 Å². The van der Waals surface area contributed by atoms with Gasteiger partial charge >= 0.3 is 0 Å². The van der Waals surface area contributed by atoms with Gasteiger partial charge in [0.1, 0.15) is 0 Å². The molecular formula is C13H14N2OS2. The predicted octanol–water partition coefficient (Wildman–Crippen LogP) is 3.19. The Kier molecular flexibility index (Phi) is 3.28. The van der Waals surface area contributed by atoms with E-state index in [1.54, 1.807) is 23.3 Å². The molecule has 0 atom stereocenters. The van der Waals surface area contributed by atoms with E-state index in [0.717, 1.165) is 36.4 Å². The number of carbonyl (C=O) groups is 1. The second kappa shape index (κ2) is 4.91. The fourth-order valence-corrected chi connectivity index (χ4v) is 4.48. The zero-order valence-electron chi connectivity index (χ0n) is 10.1.